The van der Waals surface area contributed by atoms with E-state index < -0.39 is 17.8 Å². The second-order valence-corrected chi connectivity index (χ2v) is 5.51. The van der Waals surface area contributed by atoms with Gasteiger partial charge in [0.1, 0.15) is 0 Å². The molecule has 0 saturated carbocycles. The standard InChI is InChI=1S/C16H12BrN3O4/c17-12-2-1-3-13(8-12)19-14(21)15(22)20-18-9-10-4-6-11(7-5-10)16(23)24/h1-9H,(H,19,21)(H,20,22)(H,23,24). The molecule has 2 rings (SSSR count). The number of carboxylic acid groups (broad SMARTS) is 1. The highest BCUT2D eigenvalue weighted by Crippen LogP contribution is 2.15. The van der Waals surface area contributed by atoms with Gasteiger partial charge in [0, 0.05) is 10.2 Å². The third-order valence-corrected chi connectivity index (χ3v) is 3.32. The lowest BCUT2D eigenvalue weighted by atomic mass is 10.1. The maximum Gasteiger partial charge on any atom is 0.335 e. The van der Waals surface area contributed by atoms with Crippen LogP contribution in [0.2, 0.25) is 0 Å². The molecule has 0 radical (unpaired) electrons. The molecule has 0 fully saturated rings. The van der Waals surface area contributed by atoms with Crippen LogP contribution in [0, 0.1) is 0 Å². The summed E-state index contributed by atoms with van der Waals surface area (Å²) in [5.41, 5.74) is 3.28. The van der Waals surface area contributed by atoms with Gasteiger partial charge in [0.2, 0.25) is 0 Å². The molecule has 0 aliphatic carbocycles. The van der Waals surface area contributed by atoms with Crippen molar-refractivity contribution in [2.45, 2.75) is 0 Å². The number of anilines is 1. The monoisotopic (exact) mass is 389 g/mol. The first-order valence-electron chi connectivity index (χ1n) is 6.69. The zero-order valence-corrected chi connectivity index (χ0v) is 13.8. The molecule has 0 saturated heterocycles. The van der Waals surface area contributed by atoms with E-state index in [2.05, 4.69) is 31.8 Å². The van der Waals surface area contributed by atoms with Gasteiger partial charge in [-0.05, 0) is 35.9 Å². The van der Waals surface area contributed by atoms with Gasteiger partial charge in [-0.15, -0.1) is 0 Å². The Morgan fingerprint density at radius 1 is 1.04 bits per heavy atom. The molecule has 2 amide bonds. The first kappa shape index (κ1) is 17.4. The number of carboxylic acids is 1. The predicted octanol–water partition coefficient (Wildman–Crippen LogP) is 2.24. The van der Waals surface area contributed by atoms with Crippen molar-refractivity contribution in [3.8, 4) is 0 Å². The van der Waals surface area contributed by atoms with Gasteiger partial charge in [0.05, 0.1) is 11.8 Å². The molecule has 0 spiro atoms. The van der Waals surface area contributed by atoms with E-state index in [1.54, 1.807) is 24.3 Å². The average molecular weight is 390 g/mol. The SMILES string of the molecule is O=C(NN=Cc1ccc(C(=O)O)cc1)C(=O)Nc1cccc(Br)c1. The van der Waals surface area contributed by atoms with Gasteiger partial charge in [0.25, 0.3) is 0 Å². The Morgan fingerprint density at radius 3 is 2.38 bits per heavy atom. The quantitative estimate of drug-likeness (QED) is 0.423. The van der Waals surface area contributed by atoms with Gasteiger partial charge in [-0.3, -0.25) is 9.59 Å². The van der Waals surface area contributed by atoms with Gasteiger partial charge in [-0.2, -0.15) is 5.10 Å². The topological polar surface area (TPSA) is 108 Å². The lowest BCUT2D eigenvalue weighted by molar-refractivity contribution is -0.136. The summed E-state index contributed by atoms with van der Waals surface area (Å²) in [5, 5.41) is 14.9. The molecule has 0 aliphatic heterocycles. The van der Waals surface area contributed by atoms with Crippen molar-refractivity contribution in [1.82, 2.24) is 5.43 Å². The van der Waals surface area contributed by atoms with Crippen molar-refractivity contribution in [1.29, 1.82) is 0 Å². The van der Waals surface area contributed by atoms with Crippen LogP contribution >= 0.6 is 15.9 Å². The van der Waals surface area contributed by atoms with Gasteiger partial charge in [0.15, 0.2) is 0 Å². The fourth-order valence-electron chi connectivity index (χ4n) is 1.68. The average Bonchev–Trinajstić information content (AvgIpc) is 2.55. The molecular formula is C16H12BrN3O4. The van der Waals surface area contributed by atoms with Crippen molar-refractivity contribution in [3.63, 3.8) is 0 Å². The van der Waals surface area contributed by atoms with E-state index in [0.717, 1.165) is 4.47 Å². The number of carbonyl (C=O) groups excluding carboxylic acids is 2. The second kappa shape index (κ2) is 8.02. The number of rotatable bonds is 4. The Labute approximate surface area is 145 Å². The molecule has 0 aromatic heterocycles. The Bertz CT molecular complexity index is 803. The summed E-state index contributed by atoms with van der Waals surface area (Å²) in [6.45, 7) is 0. The molecule has 2 aromatic carbocycles. The number of hydrazone groups is 1. The number of hydrogen-bond acceptors (Lipinski definition) is 4. The number of carbonyl (C=O) groups is 3. The molecule has 24 heavy (non-hydrogen) atoms. The summed E-state index contributed by atoms with van der Waals surface area (Å²) in [6, 6.07) is 12.7. The van der Waals surface area contributed by atoms with Crippen molar-refractivity contribution in [2.24, 2.45) is 5.10 Å². The lowest BCUT2D eigenvalue weighted by Gasteiger charge is -2.04. The number of aromatic carboxylic acids is 1. The predicted molar refractivity (Wildman–Crippen MR) is 91.9 cm³/mol. The van der Waals surface area contributed by atoms with Gasteiger partial charge < -0.3 is 10.4 Å². The summed E-state index contributed by atoms with van der Waals surface area (Å²) >= 11 is 3.26. The first-order chi connectivity index (χ1) is 11.5. The number of halogens is 1. The number of hydrogen-bond donors (Lipinski definition) is 3. The number of nitrogens with zero attached hydrogens (tertiary/aromatic N) is 1. The van der Waals surface area contributed by atoms with Crippen molar-refractivity contribution >= 4 is 45.6 Å². The summed E-state index contributed by atoms with van der Waals surface area (Å²) < 4.78 is 0.767. The molecule has 8 heteroatoms. The second-order valence-electron chi connectivity index (χ2n) is 4.59. The van der Waals surface area contributed by atoms with E-state index in [4.69, 9.17) is 5.11 Å². The van der Waals surface area contributed by atoms with Crippen LogP contribution < -0.4 is 10.7 Å². The van der Waals surface area contributed by atoms with Crippen molar-refractivity contribution < 1.29 is 19.5 Å². The van der Waals surface area contributed by atoms with Crippen LogP contribution in [-0.2, 0) is 9.59 Å². The Kier molecular flexibility index (Phi) is 5.80. The minimum absolute atomic E-state index is 0.143. The molecule has 0 atom stereocenters. The summed E-state index contributed by atoms with van der Waals surface area (Å²) in [4.78, 5) is 34.1. The summed E-state index contributed by atoms with van der Waals surface area (Å²) in [6.07, 6.45) is 1.30. The van der Waals surface area contributed by atoms with Crippen LogP contribution in [0.3, 0.4) is 0 Å². The van der Waals surface area contributed by atoms with E-state index in [9.17, 15) is 14.4 Å². The highest BCUT2D eigenvalue weighted by Gasteiger charge is 2.12. The van der Waals surface area contributed by atoms with Crippen molar-refractivity contribution in [3.05, 3.63) is 64.1 Å². The summed E-state index contributed by atoms with van der Waals surface area (Å²) in [5.74, 6) is -2.81. The molecule has 7 nitrogen and oxygen atoms in total. The van der Waals surface area contributed by atoms with Crippen LogP contribution in [0.5, 0.6) is 0 Å². The molecule has 0 unspecified atom stereocenters. The first-order valence-corrected chi connectivity index (χ1v) is 7.48. The van der Waals surface area contributed by atoms with E-state index in [1.807, 2.05) is 0 Å². The van der Waals surface area contributed by atoms with Crippen molar-refractivity contribution in [2.75, 3.05) is 5.32 Å². The maximum absolute atomic E-state index is 11.7. The molecule has 0 bridgehead atoms. The van der Waals surface area contributed by atoms with Gasteiger partial charge in [-0.25, -0.2) is 10.2 Å². The largest absolute Gasteiger partial charge is 0.478 e. The minimum Gasteiger partial charge on any atom is -0.478 e. The van der Waals surface area contributed by atoms with Crippen LogP contribution in [0.25, 0.3) is 0 Å². The summed E-state index contributed by atoms with van der Waals surface area (Å²) in [7, 11) is 0. The third-order valence-electron chi connectivity index (χ3n) is 2.83. The molecule has 3 N–H and O–H groups in total. The number of nitrogens with one attached hydrogen (secondary N) is 2. The lowest BCUT2D eigenvalue weighted by Crippen LogP contribution is -2.32. The van der Waals surface area contributed by atoms with E-state index in [0.29, 0.717) is 11.3 Å². The van der Waals surface area contributed by atoms with Crippen LogP contribution in [-0.4, -0.2) is 29.1 Å². The Hall–Kier alpha value is -3.00. The fourth-order valence-corrected chi connectivity index (χ4v) is 2.08. The number of amides is 2. The van der Waals surface area contributed by atoms with E-state index in [1.165, 1.54) is 30.5 Å². The van der Waals surface area contributed by atoms with Gasteiger partial charge >= 0.3 is 17.8 Å². The number of benzene rings is 2. The molecular weight excluding hydrogens is 378 g/mol. The smallest absolute Gasteiger partial charge is 0.335 e. The van der Waals surface area contributed by atoms with Gasteiger partial charge in [-0.1, -0.05) is 34.1 Å². The zero-order chi connectivity index (χ0) is 17.5. The van der Waals surface area contributed by atoms with Crippen LogP contribution in [0.1, 0.15) is 15.9 Å². The molecule has 2 aromatic rings. The highest BCUT2D eigenvalue weighted by molar-refractivity contribution is 9.10. The fraction of sp³-hybridized carbons (Fsp3) is 0. The third kappa shape index (κ3) is 5.03. The highest BCUT2D eigenvalue weighted by atomic mass is 79.9. The molecule has 0 heterocycles. The molecule has 122 valence electrons. The Balaban J connectivity index is 1.89. The Morgan fingerprint density at radius 2 is 1.75 bits per heavy atom. The maximum atomic E-state index is 11.7. The van der Waals surface area contributed by atoms with Crippen LogP contribution in [0.15, 0.2) is 58.1 Å². The minimum atomic E-state index is -1.03. The van der Waals surface area contributed by atoms with E-state index >= 15 is 0 Å². The normalized spacial score (nSPS) is 10.4. The van der Waals surface area contributed by atoms with E-state index in [-0.39, 0.29) is 5.56 Å². The zero-order valence-electron chi connectivity index (χ0n) is 12.2. The molecule has 0 aliphatic rings. The van der Waals surface area contributed by atoms with Crippen LogP contribution in [0.4, 0.5) is 5.69 Å².